The van der Waals surface area contributed by atoms with E-state index in [9.17, 15) is 4.79 Å². The number of rotatable bonds is 12. The van der Waals surface area contributed by atoms with Crippen molar-refractivity contribution >= 4 is 34.6 Å². The molecule has 2 fully saturated rings. The van der Waals surface area contributed by atoms with Crippen LogP contribution in [0.15, 0.2) is 36.4 Å². The predicted octanol–water partition coefficient (Wildman–Crippen LogP) is 6.55. The number of carbonyl (C=O) groups is 1. The fourth-order valence-corrected chi connectivity index (χ4v) is 6.01. The monoisotopic (exact) mass is 563 g/mol. The molecule has 0 spiro atoms. The van der Waals surface area contributed by atoms with Crippen LogP contribution >= 0.6 is 11.3 Å². The third-order valence-corrected chi connectivity index (χ3v) is 8.87. The first kappa shape index (κ1) is 28.4. The number of nitrogens with zero attached hydrogens (tertiary/aromatic N) is 3. The number of morpholine rings is 1. The molecular formula is C31H41N5O3S. The van der Waals surface area contributed by atoms with Crippen molar-refractivity contribution in [3.05, 3.63) is 63.2 Å². The average molecular weight is 564 g/mol. The van der Waals surface area contributed by atoms with Gasteiger partial charge in [0, 0.05) is 47.5 Å². The van der Waals surface area contributed by atoms with Gasteiger partial charge in [-0.1, -0.05) is 26.0 Å². The van der Waals surface area contributed by atoms with E-state index in [0.717, 1.165) is 93.3 Å². The van der Waals surface area contributed by atoms with Gasteiger partial charge in [0.2, 0.25) is 0 Å². The Morgan fingerprint density at radius 2 is 1.98 bits per heavy atom. The number of thiazole rings is 1. The van der Waals surface area contributed by atoms with Crippen molar-refractivity contribution in [1.29, 1.82) is 0 Å². The molecule has 2 aromatic heterocycles. The van der Waals surface area contributed by atoms with Crippen molar-refractivity contribution in [3.8, 4) is 0 Å². The van der Waals surface area contributed by atoms with Gasteiger partial charge >= 0.3 is 6.09 Å². The highest BCUT2D eigenvalue weighted by molar-refractivity contribution is 7.11. The lowest BCUT2D eigenvalue weighted by atomic mass is 10.0. The molecule has 8 nitrogen and oxygen atoms in total. The minimum Gasteiger partial charge on any atom is -0.449 e. The van der Waals surface area contributed by atoms with Crippen LogP contribution in [0.4, 0.5) is 22.0 Å². The Kier molecular flexibility index (Phi) is 9.54. The van der Waals surface area contributed by atoms with Crippen molar-refractivity contribution in [2.45, 2.75) is 65.3 Å². The molecule has 1 atom stereocenters. The van der Waals surface area contributed by atoms with Gasteiger partial charge in [-0.25, -0.2) is 14.8 Å². The molecule has 1 amide bonds. The summed E-state index contributed by atoms with van der Waals surface area (Å²) in [5, 5.41) is 7.75. The summed E-state index contributed by atoms with van der Waals surface area (Å²) in [6.45, 7) is 10.2. The number of pyridine rings is 1. The standard InChI is InChI=1S/C31H41N5O3S/c1-4-27(23-7-6-8-24(17-23)34-31(37)39-20-22-9-10-22)35-29-19-26(36-13-15-38-16-14-36)18-25(33-29)11-12-30-32-21(3)28(5-2)40-30/h6-8,17-19,22,27H,4-5,9-16,20H2,1-3H3,(H,33,35)(H,34,37). The molecule has 0 bridgehead atoms. The van der Waals surface area contributed by atoms with Gasteiger partial charge in [-0.15, -0.1) is 11.3 Å². The van der Waals surface area contributed by atoms with Crippen LogP contribution in [0.1, 0.15) is 66.0 Å². The highest BCUT2D eigenvalue weighted by atomic mass is 32.1. The molecule has 1 saturated carbocycles. The Bertz CT molecular complexity index is 1290. The zero-order chi connectivity index (χ0) is 27.9. The summed E-state index contributed by atoms with van der Waals surface area (Å²) in [5.41, 5.74) is 5.20. The van der Waals surface area contributed by atoms with Crippen molar-refractivity contribution in [3.63, 3.8) is 0 Å². The molecule has 2 aliphatic rings. The molecular weight excluding hydrogens is 522 g/mol. The maximum atomic E-state index is 12.2. The van der Waals surface area contributed by atoms with E-state index in [4.69, 9.17) is 19.4 Å². The molecule has 1 saturated heterocycles. The fraction of sp³-hybridized carbons (Fsp3) is 0.516. The summed E-state index contributed by atoms with van der Waals surface area (Å²) in [4.78, 5) is 25.8. The van der Waals surface area contributed by atoms with E-state index < -0.39 is 6.09 Å². The molecule has 0 radical (unpaired) electrons. The fourth-order valence-electron chi connectivity index (χ4n) is 5.00. The summed E-state index contributed by atoms with van der Waals surface area (Å²) in [7, 11) is 0. The molecule has 3 heterocycles. The van der Waals surface area contributed by atoms with Crippen molar-refractivity contribution < 1.29 is 14.3 Å². The molecule has 40 heavy (non-hydrogen) atoms. The van der Waals surface area contributed by atoms with Crippen LogP contribution in [-0.4, -0.2) is 49.0 Å². The average Bonchev–Trinajstić information content (AvgIpc) is 3.74. The van der Waals surface area contributed by atoms with E-state index in [1.165, 1.54) is 15.6 Å². The van der Waals surface area contributed by atoms with E-state index in [0.29, 0.717) is 12.5 Å². The maximum Gasteiger partial charge on any atom is 0.411 e. The Hall–Kier alpha value is -3.17. The van der Waals surface area contributed by atoms with Gasteiger partial charge in [-0.05, 0) is 68.7 Å². The quantitative estimate of drug-likeness (QED) is 0.258. The molecule has 5 rings (SSSR count). The highest BCUT2D eigenvalue weighted by Gasteiger charge is 2.23. The highest BCUT2D eigenvalue weighted by Crippen LogP contribution is 2.30. The number of hydrogen-bond acceptors (Lipinski definition) is 8. The van der Waals surface area contributed by atoms with Crippen LogP contribution in [-0.2, 0) is 28.7 Å². The number of nitrogens with one attached hydrogen (secondary N) is 2. The zero-order valence-corrected chi connectivity index (χ0v) is 24.7. The second kappa shape index (κ2) is 13.5. The minimum atomic E-state index is -0.393. The number of aryl methyl sites for hydroxylation is 4. The Morgan fingerprint density at radius 3 is 2.70 bits per heavy atom. The van der Waals surface area contributed by atoms with Crippen molar-refractivity contribution in [2.24, 2.45) is 5.92 Å². The number of hydrogen-bond donors (Lipinski definition) is 2. The van der Waals surface area contributed by atoms with E-state index in [-0.39, 0.29) is 6.04 Å². The third-order valence-electron chi connectivity index (χ3n) is 7.51. The molecule has 1 unspecified atom stereocenters. The van der Waals surface area contributed by atoms with Gasteiger partial charge in [0.05, 0.1) is 36.6 Å². The van der Waals surface area contributed by atoms with Crippen LogP contribution in [0.5, 0.6) is 0 Å². The number of ether oxygens (including phenoxy) is 2. The molecule has 3 aromatic rings. The Balaban J connectivity index is 1.31. The maximum absolute atomic E-state index is 12.2. The van der Waals surface area contributed by atoms with Crippen molar-refractivity contribution in [2.75, 3.05) is 48.4 Å². The van der Waals surface area contributed by atoms with Gasteiger partial charge in [0.1, 0.15) is 5.82 Å². The van der Waals surface area contributed by atoms with E-state index in [1.807, 2.05) is 29.5 Å². The topological polar surface area (TPSA) is 88.6 Å². The number of anilines is 3. The largest absolute Gasteiger partial charge is 0.449 e. The number of aromatic nitrogens is 2. The molecule has 2 N–H and O–H groups in total. The summed E-state index contributed by atoms with van der Waals surface area (Å²) in [6, 6.07) is 12.4. The number of carbonyl (C=O) groups excluding carboxylic acids is 1. The second-order valence-corrected chi connectivity index (χ2v) is 11.8. The van der Waals surface area contributed by atoms with Gasteiger partial charge in [0.15, 0.2) is 0 Å². The SMILES string of the molecule is CCc1sc(CCc2cc(N3CCOCC3)cc(NC(CC)c3cccc(NC(=O)OCC4CC4)c3)n2)nc1C. The summed E-state index contributed by atoms with van der Waals surface area (Å²) in [6.07, 6.45) is 5.52. The van der Waals surface area contributed by atoms with Crippen LogP contribution in [0, 0.1) is 12.8 Å². The molecule has 1 aliphatic heterocycles. The Labute approximate surface area is 241 Å². The van der Waals surface area contributed by atoms with Crippen molar-refractivity contribution in [1.82, 2.24) is 9.97 Å². The first-order valence-corrected chi connectivity index (χ1v) is 15.4. The van der Waals surface area contributed by atoms with Crippen LogP contribution in [0.25, 0.3) is 0 Å². The van der Waals surface area contributed by atoms with Gasteiger partial charge in [0.25, 0.3) is 0 Å². The second-order valence-electron chi connectivity index (χ2n) is 10.7. The summed E-state index contributed by atoms with van der Waals surface area (Å²) >= 11 is 1.82. The van der Waals surface area contributed by atoms with Gasteiger partial charge < -0.3 is 19.7 Å². The normalized spacial score (nSPS) is 16.0. The Morgan fingerprint density at radius 1 is 1.15 bits per heavy atom. The molecule has 9 heteroatoms. The van der Waals surface area contributed by atoms with Gasteiger partial charge in [-0.3, -0.25) is 5.32 Å². The molecule has 214 valence electrons. The van der Waals surface area contributed by atoms with E-state index in [2.05, 4.69) is 54.5 Å². The third kappa shape index (κ3) is 7.73. The van der Waals surface area contributed by atoms with Crippen LogP contribution < -0.4 is 15.5 Å². The van der Waals surface area contributed by atoms with Crippen LogP contribution in [0.3, 0.4) is 0 Å². The minimum absolute atomic E-state index is 0.0400. The van der Waals surface area contributed by atoms with Gasteiger partial charge in [-0.2, -0.15) is 0 Å². The lowest BCUT2D eigenvalue weighted by Gasteiger charge is -2.30. The first-order valence-electron chi connectivity index (χ1n) is 14.6. The summed E-state index contributed by atoms with van der Waals surface area (Å²) < 4.78 is 11.0. The first-order chi connectivity index (χ1) is 19.5. The van der Waals surface area contributed by atoms with Crippen LogP contribution in [0.2, 0.25) is 0 Å². The lowest BCUT2D eigenvalue weighted by Crippen LogP contribution is -2.36. The predicted molar refractivity (Wildman–Crippen MR) is 162 cm³/mol. The zero-order valence-electron chi connectivity index (χ0n) is 23.9. The van der Waals surface area contributed by atoms with E-state index in [1.54, 1.807) is 0 Å². The van der Waals surface area contributed by atoms with E-state index >= 15 is 0 Å². The molecule has 1 aromatic carbocycles. The smallest absolute Gasteiger partial charge is 0.411 e. The molecule has 1 aliphatic carbocycles. The lowest BCUT2D eigenvalue weighted by molar-refractivity contribution is 0.122. The summed E-state index contributed by atoms with van der Waals surface area (Å²) in [5.74, 6) is 1.40. The number of amides is 1. The number of benzene rings is 1.